The molecule has 71 heavy (non-hydrogen) atoms. The highest BCUT2D eigenvalue weighted by molar-refractivity contribution is 7.69. The maximum absolute atomic E-state index is 14.3. The van der Waals surface area contributed by atoms with E-state index < -0.39 is 18.8 Å². The van der Waals surface area contributed by atoms with E-state index in [1.54, 1.807) is 0 Å². The number of rotatable bonds is 25. The van der Waals surface area contributed by atoms with Crippen molar-refractivity contribution >= 4 is 19.2 Å². The minimum atomic E-state index is -4.14. The summed E-state index contributed by atoms with van der Waals surface area (Å²) in [6, 6.07) is 13.4. The Balaban J connectivity index is 1.90. The zero-order valence-electron chi connectivity index (χ0n) is 49.5. The molecule has 0 fully saturated rings. The van der Waals surface area contributed by atoms with Crippen molar-refractivity contribution in [1.29, 1.82) is 0 Å². The summed E-state index contributed by atoms with van der Waals surface area (Å²) in [7, 11) is -4.14. The number of esters is 1. The molecule has 6 heteroatoms. The second kappa shape index (κ2) is 24.6. The van der Waals surface area contributed by atoms with Crippen molar-refractivity contribution < 1.29 is 23.5 Å². The van der Waals surface area contributed by atoms with Crippen molar-refractivity contribution in [2.45, 2.75) is 292 Å². The first-order valence-corrected chi connectivity index (χ1v) is 30.3. The van der Waals surface area contributed by atoms with Gasteiger partial charge in [-0.2, -0.15) is 4.89 Å². The van der Waals surface area contributed by atoms with E-state index in [0.29, 0.717) is 29.0 Å². The minimum Gasteiger partial charge on any atom is -0.462 e. The van der Waals surface area contributed by atoms with Gasteiger partial charge in [0.15, 0.2) is 11.5 Å². The molecule has 0 spiro atoms. The standard InChI is InChI=1S/C65H106O5P/c1-21-26-27-28-29-30-31-32-33-34-35-36-37-38-39-68-59(66)47-40-54(60(7,8)9)58(55(41-47)61(10,11)12)71(67)69-56-50(42-48(62(13,14)22-2)44-52(56)64(17,18)24-4)46(6)51-43-49(63(15,16)23-3)45-53(57(51)70-71)65(19,20)25-5/h40-46,67H,21-39H2,1-20H3/q+1. The average molecular weight is 999 g/mol. The molecule has 0 unspecified atom stereocenters. The first-order chi connectivity index (χ1) is 33.0. The molecular weight excluding hydrogens is 892 g/mol. The van der Waals surface area contributed by atoms with Gasteiger partial charge in [-0.3, -0.25) is 9.05 Å². The van der Waals surface area contributed by atoms with Gasteiger partial charge in [-0.25, -0.2) is 4.79 Å². The lowest BCUT2D eigenvalue weighted by Crippen LogP contribution is -2.38. The molecule has 0 aliphatic carbocycles. The first-order valence-electron chi connectivity index (χ1n) is 28.7. The number of carbonyl (C=O) groups is 1. The second-order valence-corrected chi connectivity index (χ2v) is 28.3. The highest BCUT2D eigenvalue weighted by atomic mass is 31.2. The Morgan fingerprint density at radius 2 is 0.831 bits per heavy atom. The van der Waals surface area contributed by atoms with Gasteiger partial charge >= 0.3 is 13.9 Å². The first kappa shape index (κ1) is 60.7. The van der Waals surface area contributed by atoms with Crippen LogP contribution in [0.15, 0.2) is 36.4 Å². The van der Waals surface area contributed by atoms with E-state index in [2.05, 4.69) is 163 Å². The highest BCUT2D eigenvalue weighted by Crippen LogP contribution is 2.65. The molecule has 5 nitrogen and oxygen atoms in total. The van der Waals surface area contributed by atoms with Crippen LogP contribution in [-0.4, -0.2) is 17.5 Å². The molecular formula is C65H106O5P+. The Morgan fingerprint density at radius 3 is 1.15 bits per heavy atom. The summed E-state index contributed by atoms with van der Waals surface area (Å²) < 4.78 is 21.4. The Bertz CT molecular complexity index is 2090. The quantitative estimate of drug-likeness (QED) is 0.0520. The van der Waals surface area contributed by atoms with Gasteiger partial charge in [-0.15, -0.1) is 0 Å². The van der Waals surface area contributed by atoms with Crippen LogP contribution in [0.25, 0.3) is 0 Å². The third kappa shape index (κ3) is 14.9. The molecule has 0 radical (unpaired) electrons. The monoisotopic (exact) mass is 998 g/mol. The van der Waals surface area contributed by atoms with Crippen LogP contribution in [0, 0.1) is 0 Å². The van der Waals surface area contributed by atoms with Gasteiger partial charge in [0.05, 0.1) is 12.2 Å². The summed E-state index contributed by atoms with van der Waals surface area (Å²) in [5.41, 5.74) is 7.22. The summed E-state index contributed by atoms with van der Waals surface area (Å²) in [6.45, 7) is 45.6. The molecule has 0 aromatic heterocycles. The van der Waals surface area contributed by atoms with Gasteiger partial charge in [0.25, 0.3) is 0 Å². The normalized spacial score (nSPS) is 16.9. The third-order valence-electron chi connectivity index (χ3n) is 17.1. The van der Waals surface area contributed by atoms with Gasteiger partial charge < -0.3 is 4.74 Å². The Kier molecular flexibility index (Phi) is 21.1. The maximum Gasteiger partial charge on any atom is 0.533 e. The second-order valence-electron chi connectivity index (χ2n) is 26.4. The predicted molar refractivity (Wildman–Crippen MR) is 308 cm³/mol. The molecule has 3 aromatic carbocycles. The fourth-order valence-electron chi connectivity index (χ4n) is 10.00. The minimum absolute atomic E-state index is 0.0997. The molecule has 0 amide bonds. The molecule has 0 atom stereocenters. The van der Waals surface area contributed by atoms with Gasteiger partial charge in [-0.1, -0.05) is 246 Å². The summed E-state index contributed by atoms with van der Waals surface area (Å²) in [5, 5.41) is 0.656. The Labute approximate surface area is 437 Å². The van der Waals surface area contributed by atoms with Crippen LogP contribution in [0.2, 0.25) is 0 Å². The maximum atomic E-state index is 14.3. The van der Waals surface area contributed by atoms with E-state index in [1.807, 2.05) is 12.1 Å². The highest BCUT2D eigenvalue weighted by Gasteiger charge is 2.57. The van der Waals surface area contributed by atoms with Gasteiger partial charge in [0.2, 0.25) is 5.30 Å². The van der Waals surface area contributed by atoms with Crippen molar-refractivity contribution in [1.82, 2.24) is 0 Å². The zero-order chi connectivity index (χ0) is 53.4. The molecule has 1 aliphatic rings. The van der Waals surface area contributed by atoms with E-state index >= 15 is 0 Å². The van der Waals surface area contributed by atoms with E-state index in [4.69, 9.17) is 13.8 Å². The number of benzene rings is 3. The van der Waals surface area contributed by atoms with Crippen LogP contribution < -0.4 is 14.4 Å². The van der Waals surface area contributed by atoms with Crippen LogP contribution in [-0.2, 0) is 37.2 Å². The lowest BCUT2D eigenvalue weighted by Gasteiger charge is -2.38. The predicted octanol–water partition coefficient (Wildman–Crippen LogP) is 19.7. The summed E-state index contributed by atoms with van der Waals surface area (Å²) in [4.78, 5) is 28.6. The van der Waals surface area contributed by atoms with Crippen LogP contribution in [0.1, 0.15) is 315 Å². The number of hydrogen-bond acceptors (Lipinski definition) is 5. The van der Waals surface area contributed by atoms with E-state index in [9.17, 15) is 9.69 Å². The SMILES string of the molecule is CCCCCCCCCCCCCCCCOC(=O)c1cc(C(C)(C)C)c([P+]2(O)Oc3c(cc(C(C)(C)CC)cc3C(C)(C)CC)C(C)c3cc(C(C)(C)CC)cc(C(C)(C)CC)c3O2)c(C(C)(C)C)c1. The average Bonchev–Trinajstić information content (AvgIpc) is 3.30. The number of fused-ring (bicyclic) bond motifs is 2. The molecule has 1 aliphatic heterocycles. The molecule has 4 rings (SSSR count). The van der Waals surface area contributed by atoms with Crippen molar-refractivity contribution in [3.63, 3.8) is 0 Å². The van der Waals surface area contributed by atoms with Crippen LogP contribution in [0.3, 0.4) is 0 Å². The third-order valence-corrected chi connectivity index (χ3v) is 19.0. The summed E-state index contributed by atoms with van der Waals surface area (Å²) >= 11 is 0. The van der Waals surface area contributed by atoms with E-state index in [0.717, 1.165) is 71.9 Å². The fraction of sp³-hybridized carbons (Fsp3) is 0.708. The van der Waals surface area contributed by atoms with E-state index in [-0.39, 0.29) is 33.5 Å². The van der Waals surface area contributed by atoms with Crippen LogP contribution >= 0.6 is 7.94 Å². The fourth-order valence-corrected chi connectivity index (χ4v) is 12.5. The molecule has 0 bridgehead atoms. The van der Waals surface area contributed by atoms with Crippen molar-refractivity contribution in [2.75, 3.05) is 6.61 Å². The van der Waals surface area contributed by atoms with Gasteiger partial charge in [0, 0.05) is 39.3 Å². The molecule has 1 N–H and O–H groups in total. The molecule has 0 saturated heterocycles. The molecule has 400 valence electrons. The van der Waals surface area contributed by atoms with Crippen LogP contribution in [0.4, 0.5) is 0 Å². The lowest BCUT2D eigenvalue weighted by atomic mass is 9.72. The van der Waals surface area contributed by atoms with Crippen molar-refractivity contribution in [3.05, 3.63) is 86.5 Å². The lowest BCUT2D eigenvalue weighted by molar-refractivity contribution is 0.0497. The Morgan fingerprint density at radius 1 is 0.493 bits per heavy atom. The van der Waals surface area contributed by atoms with Crippen LogP contribution in [0.5, 0.6) is 11.5 Å². The van der Waals surface area contributed by atoms with Crippen molar-refractivity contribution in [3.8, 4) is 11.5 Å². The molecule has 3 aromatic rings. The van der Waals surface area contributed by atoms with Crippen molar-refractivity contribution in [2.24, 2.45) is 0 Å². The number of ether oxygens (including phenoxy) is 1. The number of carbonyl (C=O) groups excluding carboxylic acids is 1. The van der Waals surface area contributed by atoms with Gasteiger partial charge in [-0.05, 0) is 87.9 Å². The molecule has 1 heterocycles. The largest absolute Gasteiger partial charge is 0.533 e. The van der Waals surface area contributed by atoms with Gasteiger partial charge in [0.1, 0.15) is 0 Å². The smallest absolute Gasteiger partial charge is 0.462 e. The topological polar surface area (TPSA) is 65.0 Å². The number of unbranched alkanes of at least 4 members (excludes halogenated alkanes) is 13. The summed E-state index contributed by atoms with van der Waals surface area (Å²) in [5.74, 6) is 0.990. The number of hydrogen-bond donors (Lipinski definition) is 1. The summed E-state index contributed by atoms with van der Waals surface area (Å²) in [6.07, 6.45) is 21.6. The zero-order valence-corrected chi connectivity index (χ0v) is 50.4. The molecule has 0 saturated carbocycles. The Hall–Kier alpha value is -2.88. The van der Waals surface area contributed by atoms with E-state index in [1.165, 1.54) is 88.2 Å².